The predicted octanol–water partition coefficient (Wildman–Crippen LogP) is 0.576. The molecule has 2 aliphatic heterocycles. The van der Waals surface area contributed by atoms with Gasteiger partial charge in [0, 0.05) is 0 Å². The van der Waals surface area contributed by atoms with E-state index in [1.807, 2.05) is 0 Å². The van der Waals surface area contributed by atoms with E-state index in [1.54, 1.807) is 32.0 Å². The van der Waals surface area contributed by atoms with E-state index in [9.17, 15) is 19.2 Å². The van der Waals surface area contributed by atoms with Crippen LogP contribution in [0.1, 0.15) is 13.8 Å². The molecule has 8 heteroatoms. The first-order chi connectivity index (χ1) is 10.4. The van der Waals surface area contributed by atoms with Gasteiger partial charge in [-0.1, -0.05) is 6.07 Å². The molecule has 0 radical (unpaired) electrons. The maximum absolute atomic E-state index is 12.0. The lowest BCUT2D eigenvalue weighted by Crippen LogP contribution is -2.33. The number of nitrogens with one attached hydrogen (secondary N) is 2. The van der Waals surface area contributed by atoms with Crippen molar-refractivity contribution in [3.8, 4) is 0 Å². The highest BCUT2D eigenvalue weighted by Crippen LogP contribution is 2.27. The van der Waals surface area contributed by atoms with Crippen LogP contribution in [0.25, 0.3) is 0 Å². The predicted molar refractivity (Wildman–Crippen MR) is 77.4 cm³/mol. The molecule has 0 unspecified atom stereocenters. The lowest BCUT2D eigenvalue weighted by atomic mass is 10.2. The third kappa shape index (κ3) is 2.00. The molecule has 2 atom stereocenters. The summed E-state index contributed by atoms with van der Waals surface area (Å²) in [5, 5.41) is 5.01. The smallest absolute Gasteiger partial charge is 0.326 e. The molecule has 0 bridgehead atoms. The summed E-state index contributed by atoms with van der Waals surface area (Å²) in [5.41, 5.74) is 0.619. The molecule has 1 aromatic rings. The third-order valence-corrected chi connectivity index (χ3v) is 3.61. The number of carbonyl (C=O) groups is 4. The van der Waals surface area contributed by atoms with Crippen molar-refractivity contribution in [2.24, 2.45) is 0 Å². The molecule has 114 valence electrons. The number of imide groups is 2. The van der Waals surface area contributed by atoms with Crippen molar-refractivity contribution in [1.29, 1.82) is 0 Å². The molecule has 2 aliphatic rings. The molecule has 2 N–H and O–H groups in total. The van der Waals surface area contributed by atoms with Gasteiger partial charge in [-0.15, -0.1) is 0 Å². The summed E-state index contributed by atoms with van der Waals surface area (Å²) < 4.78 is 0. The molecular formula is C14H14N4O4. The zero-order valence-electron chi connectivity index (χ0n) is 12.0. The van der Waals surface area contributed by atoms with Crippen LogP contribution in [-0.4, -0.2) is 36.0 Å². The van der Waals surface area contributed by atoms with Gasteiger partial charge in [0.1, 0.15) is 12.1 Å². The summed E-state index contributed by atoms with van der Waals surface area (Å²) in [6.45, 7) is 3.17. The van der Waals surface area contributed by atoms with Crippen molar-refractivity contribution >= 4 is 35.3 Å². The second-order valence-corrected chi connectivity index (χ2v) is 5.21. The number of amides is 6. The first-order valence-corrected chi connectivity index (χ1v) is 6.79. The Hall–Kier alpha value is -2.90. The Labute approximate surface area is 126 Å². The highest BCUT2D eigenvalue weighted by atomic mass is 16.2. The maximum atomic E-state index is 12.0. The molecule has 2 heterocycles. The second-order valence-electron chi connectivity index (χ2n) is 5.21. The molecule has 0 aromatic heterocycles. The Morgan fingerprint density at radius 2 is 1.23 bits per heavy atom. The Balaban J connectivity index is 1.97. The van der Waals surface area contributed by atoms with E-state index in [0.717, 1.165) is 9.80 Å². The molecule has 8 nitrogen and oxygen atoms in total. The van der Waals surface area contributed by atoms with Crippen molar-refractivity contribution < 1.29 is 19.2 Å². The summed E-state index contributed by atoms with van der Waals surface area (Å²) in [6.07, 6.45) is 0. The van der Waals surface area contributed by atoms with Crippen LogP contribution in [-0.2, 0) is 9.59 Å². The molecule has 2 fully saturated rings. The normalized spacial score (nSPS) is 24.8. The molecule has 0 saturated carbocycles. The standard InChI is InChI=1S/C14H14N4O4/c1-7-11(19)17(13(21)15-7)9-4-3-5-10(6-9)18-12(20)8(2)16-14(18)22/h3-8H,1-2H3,(H,15,21)(H,16,22)/t7-,8-/m0/s1. The third-order valence-electron chi connectivity index (χ3n) is 3.61. The van der Waals surface area contributed by atoms with Crippen molar-refractivity contribution in [2.75, 3.05) is 9.80 Å². The quantitative estimate of drug-likeness (QED) is 0.780. The summed E-state index contributed by atoms with van der Waals surface area (Å²) in [6, 6.07) is 3.92. The van der Waals surface area contributed by atoms with Gasteiger partial charge < -0.3 is 10.6 Å². The number of rotatable bonds is 2. The Morgan fingerprint density at radius 1 is 0.818 bits per heavy atom. The first-order valence-electron chi connectivity index (χ1n) is 6.79. The van der Waals surface area contributed by atoms with Crippen LogP contribution in [0.15, 0.2) is 24.3 Å². The number of nitrogens with zero attached hydrogens (tertiary/aromatic N) is 2. The monoisotopic (exact) mass is 302 g/mol. The van der Waals surface area contributed by atoms with Gasteiger partial charge in [-0.2, -0.15) is 0 Å². The van der Waals surface area contributed by atoms with Crippen molar-refractivity contribution in [3.63, 3.8) is 0 Å². The number of anilines is 2. The lowest BCUT2D eigenvalue weighted by Gasteiger charge is -2.17. The number of hydrogen-bond donors (Lipinski definition) is 2. The molecule has 3 rings (SSSR count). The van der Waals surface area contributed by atoms with Crippen LogP contribution in [0.3, 0.4) is 0 Å². The van der Waals surface area contributed by atoms with E-state index in [-0.39, 0.29) is 11.8 Å². The van der Waals surface area contributed by atoms with Gasteiger partial charge in [0.15, 0.2) is 0 Å². The minimum Gasteiger partial charge on any atom is -0.326 e. The van der Waals surface area contributed by atoms with Crippen LogP contribution >= 0.6 is 0 Å². The topological polar surface area (TPSA) is 98.8 Å². The van der Waals surface area contributed by atoms with E-state index in [0.29, 0.717) is 11.4 Å². The highest BCUT2D eigenvalue weighted by molar-refractivity contribution is 6.23. The van der Waals surface area contributed by atoms with Crippen LogP contribution in [0.2, 0.25) is 0 Å². The fourth-order valence-electron chi connectivity index (χ4n) is 2.47. The summed E-state index contributed by atoms with van der Waals surface area (Å²) in [4.78, 5) is 49.7. The van der Waals surface area contributed by atoms with Gasteiger partial charge in [-0.25, -0.2) is 19.4 Å². The highest BCUT2D eigenvalue weighted by Gasteiger charge is 2.38. The fraction of sp³-hybridized carbons (Fsp3) is 0.286. The van der Waals surface area contributed by atoms with E-state index in [2.05, 4.69) is 10.6 Å². The first kappa shape index (κ1) is 14.1. The van der Waals surface area contributed by atoms with Crippen LogP contribution in [0.5, 0.6) is 0 Å². The van der Waals surface area contributed by atoms with E-state index in [1.165, 1.54) is 6.07 Å². The van der Waals surface area contributed by atoms with Crippen molar-refractivity contribution in [2.45, 2.75) is 25.9 Å². The zero-order valence-corrected chi connectivity index (χ0v) is 12.0. The largest absolute Gasteiger partial charge is 0.329 e. The van der Waals surface area contributed by atoms with Crippen LogP contribution < -0.4 is 20.4 Å². The van der Waals surface area contributed by atoms with Gasteiger partial charge in [0.05, 0.1) is 11.4 Å². The average molecular weight is 302 g/mol. The maximum Gasteiger partial charge on any atom is 0.329 e. The Kier molecular flexibility index (Phi) is 3.09. The SMILES string of the molecule is C[C@@H]1NC(=O)N(c2cccc(N3C(=O)N[C@@H](C)C3=O)c2)C1=O. The van der Waals surface area contributed by atoms with Gasteiger partial charge in [-0.3, -0.25) is 9.59 Å². The van der Waals surface area contributed by atoms with Crippen molar-refractivity contribution in [3.05, 3.63) is 24.3 Å². The molecule has 2 saturated heterocycles. The fourth-order valence-corrected chi connectivity index (χ4v) is 2.47. The molecule has 22 heavy (non-hydrogen) atoms. The number of carbonyl (C=O) groups excluding carboxylic acids is 4. The Bertz CT molecular complexity index is 647. The zero-order chi connectivity index (χ0) is 16.0. The number of hydrogen-bond acceptors (Lipinski definition) is 4. The minimum absolute atomic E-state index is 0.310. The summed E-state index contributed by atoms with van der Waals surface area (Å²) in [5.74, 6) is -0.763. The molecule has 0 spiro atoms. The van der Waals surface area contributed by atoms with Gasteiger partial charge in [0.2, 0.25) is 0 Å². The Morgan fingerprint density at radius 3 is 1.55 bits per heavy atom. The number of urea groups is 2. The summed E-state index contributed by atoms with van der Waals surface area (Å²) in [7, 11) is 0. The number of benzene rings is 1. The van der Waals surface area contributed by atoms with Crippen LogP contribution in [0, 0.1) is 0 Å². The van der Waals surface area contributed by atoms with Gasteiger partial charge in [-0.05, 0) is 32.0 Å². The van der Waals surface area contributed by atoms with Crippen LogP contribution in [0.4, 0.5) is 21.0 Å². The van der Waals surface area contributed by atoms with E-state index >= 15 is 0 Å². The molecular weight excluding hydrogens is 288 g/mol. The minimum atomic E-state index is -0.604. The lowest BCUT2D eigenvalue weighted by molar-refractivity contribution is -0.118. The molecule has 1 aromatic carbocycles. The average Bonchev–Trinajstić information content (AvgIpc) is 2.86. The molecule has 6 amide bonds. The van der Waals surface area contributed by atoms with E-state index in [4.69, 9.17) is 0 Å². The van der Waals surface area contributed by atoms with Gasteiger partial charge >= 0.3 is 12.1 Å². The second kappa shape index (κ2) is 4.83. The van der Waals surface area contributed by atoms with Gasteiger partial charge in [0.25, 0.3) is 11.8 Å². The summed E-state index contributed by atoms with van der Waals surface area (Å²) >= 11 is 0. The van der Waals surface area contributed by atoms with E-state index < -0.39 is 24.1 Å². The van der Waals surface area contributed by atoms with Crippen molar-refractivity contribution in [1.82, 2.24) is 10.6 Å². The molecule has 0 aliphatic carbocycles.